The standard InChI is InChI=1S/C34H43FN3O6.C33H41FN3O6.C33H43FN3O6.3V/c1-34(2,3)23-16-29(40)44-31-20-11-10-19(14-20)22(31)8-6-5-7-9-25-32(37-26-15-21(42-4)12-13-24(26)36-25)43-28-17-38(33(23)41)27(18-39)30(28)35;1-33(2,3)22-15-29(39)42-27-13-18-12-21(18)20(27)8-6-5-7-9-24-31(36-25-14-19(41-4)10-11-23(25)35-24)43-28-16-37(32(22)40)26(17-38)30(28)34;1-32(2,3)22-17-28(39)43-33(4)15-9-11-20(33)10-7-6-8-12-24-30(36-25-16-21(41-5)13-14-23(25)35-24)42-27-18-37(31(22)40)26(19-38)29(27)34;;;/h12-13,15,19-20,22-23,27-28,30-31H,5-11,14,16-17H2,1-4H3;10-11,14,18,20-22,26-28,30H,5-9,12-13,15-16H2,1-4H3;13-14,16,20,22,26-27,29H,6-12,15,17-18H2,1-5H3;;;/q3*-1;;;/t19-,20+,22-,23-,27-,28+,30+,31-;18?,20-,21?,22-,26-,27-,28+,30+;20-,22-,26-,27+,29+,33-;;;/m111.../s1. The molecule has 8 bridgehead atoms. The first-order chi connectivity index (χ1) is 62.1. The molecule has 719 valence electrons. The van der Waals surface area contributed by atoms with E-state index in [0.717, 1.165) is 116 Å². The predicted molar refractivity (Wildman–Crippen MR) is 475 cm³/mol. The van der Waals surface area contributed by atoms with E-state index in [1.807, 2.05) is 106 Å². The largest absolute Gasteiger partial charge is 0.540 e. The minimum absolute atomic E-state index is 0. The fourth-order valence-electron chi connectivity index (χ4n) is 22.2. The molecule has 3 aromatic carbocycles. The van der Waals surface area contributed by atoms with Crippen LogP contribution in [-0.4, -0.2) is 213 Å². The number of benzene rings is 3. The van der Waals surface area contributed by atoms with E-state index in [9.17, 15) is 43.2 Å². The third-order valence-corrected chi connectivity index (χ3v) is 29.9. The molecular weight excluding hydrogens is 1820 g/mol. The molecule has 6 aromatic rings. The van der Waals surface area contributed by atoms with Crippen LogP contribution in [0.1, 0.15) is 234 Å². The van der Waals surface area contributed by atoms with Crippen LogP contribution in [0.3, 0.4) is 0 Å². The van der Waals surface area contributed by atoms with Crippen LogP contribution in [0.2, 0.25) is 0 Å². The van der Waals surface area contributed by atoms with Crippen LogP contribution < -0.4 is 28.4 Å². The van der Waals surface area contributed by atoms with Gasteiger partial charge < -0.3 is 71.7 Å². The minimum Gasteiger partial charge on any atom is -0.540 e. The molecule has 8 fully saturated rings. The average molecular weight is 1950 g/mol. The van der Waals surface area contributed by atoms with Crippen molar-refractivity contribution in [3.63, 3.8) is 0 Å². The van der Waals surface area contributed by atoms with Gasteiger partial charge in [-0.2, -0.15) is 0 Å². The van der Waals surface area contributed by atoms with Gasteiger partial charge in [0.2, 0.25) is 35.4 Å². The monoisotopic (exact) mass is 1950 g/mol. The quantitative estimate of drug-likeness (QED) is 0.0849. The van der Waals surface area contributed by atoms with Gasteiger partial charge in [0.15, 0.2) is 0 Å². The number of amides is 3. The van der Waals surface area contributed by atoms with Crippen LogP contribution in [-0.2, 0) is 132 Å². The molecule has 5 saturated carbocycles. The maximum absolute atomic E-state index is 15.9. The van der Waals surface area contributed by atoms with Crippen LogP contribution >= 0.6 is 0 Å². The molecule has 27 nitrogen and oxygen atoms in total. The van der Waals surface area contributed by atoms with Crippen LogP contribution in [0.5, 0.6) is 34.9 Å². The fraction of sp³-hybridized carbons (Fsp3) is 0.670. The van der Waals surface area contributed by atoms with E-state index in [-0.39, 0.29) is 130 Å². The Morgan fingerprint density at radius 2 is 0.759 bits per heavy atom. The van der Waals surface area contributed by atoms with Gasteiger partial charge in [0.25, 0.3) is 0 Å². The summed E-state index contributed by atoms with van der Waals surface area (Å²) in [4.78, 5) is 150. The fourth-order valence-corrected chi connectivity index (χ4v) is 22.2. The summed E-state index contributed by atoms with van der Waals surface area (Å²) >= 11 is 0. The van der Waals surface area contributed by atoms with Crippen molar-refractivity contribution in [2.24, 2.45) is 75.4 Å². The zero-order chi connectivity index (χ0) is 92.6. The zero-order valence-electron chi connectivity index (χ0n) is 78.7. The molecule has 9 heterocycles. The molecular formula is C100H127F3N9O18V3-3. The number of carbonyl (C=O) groups is 6. The van der Waals surface area contributed by atoms with Gasteiger partial charge in [-0.05, 0) is 228 Å². The summed E-state index contributed by atoms with van der Waals surface area (Å²) in [6.07, 6.45) is 16.8. The smallest absolute Gasteiger partial charge is 0.307 e. The van der Waals surface area contributed by atoms with E-state index in [4.69, 9.17) is 72.5 Å². The molecule has 3 amide bonds. The molecule has 33 heteroatoms. The third kappa shape index (κ3) is 23.1. The van der Waals surface area contributed by atoms with Gasteiger partial charge in [0.1, 0.15) is 89.0 Å². The number of nitrogens with zero attached hydrogens (tertiary/aromatic N) is 9. The van der Waals surface area contributed by atoms with Crippen molar-refractivity contribution in [3.8, 4) is 34.9 Å². The number of ether oxygens (including phenoxy) is 9. The van der Waals surface area contributed by atoms with E-state index in [1.54, 1.807) is 58.4 Å². The summed E-state index contributed by atoms with van der Waals surface area (Å²) < 4.78 is 100. The molecule has 0 N–H and O–H groups in total. The first-order valence-corrected chi connectivity index (χ1v) is 47.2. The van der Waals surface area contributed by atoms with Crippen LogP contribution in [0.25, 0.3) is 33.1 Å². The van der Waals surface area contributed by atoms with E-state index >= 15 is 13.2 Å². The summed E-state index contributed by atoms with van der Waals surface area (Å²) in [6, 6.07) is 11.8. The van der Waals surface area contributed by atoms with E-state index in [1.165, 1.54) is 27.5 Å². The van der Waals surface area contributed by atoms with Gasteiger partial charge >= 0.3 is 17.9 Å². The maximum atomic E-state index is 15.9. The van der Waals surface area contributed by atoms with E-state index in [0.29, 0.717) is 122 Å². The Hall–Kier alpha value is -8.15. The average Bonchev–Trinajstić information content (AvgIpc) is 1.60. The van der Waals surface area contributed by atoms with Crippen molar-refractivity contribution in [1.82, 2.24) is 44.6 Å². The summed E-state index contributed by atoms with van der Waals surface area (Å²) in [5.41, 5.74) is 2.96. The number of hydrogen-bond donors (Lipinski definition) is 0. The number of halogens is 3. The van der Waals surface area contributed by atoms with Crippen molar-refractivity contribution in [1.29, 1.82) is 0 Å². The molecule has 22 atom stereocenters. The Kier molecular flexibility index (Phi) is 34.1. The summed E-state index contributed by atoms with van der Waals surface area (Å²) in [7, 11) is 4.69. The summed E-state index contributed by atoms with van der Waals surface area (Å²) in [6.45, 7) is 18.3. The Labute approximate surface area is 813 Å². The van der Waals surface area contributed by atoms with E-state index in [2.05, 4.69) is 0 Å². The second kappa shape index (κ2) is 43.7. The molecule has 5 aliphatic carbocycles. The van der Waals surface area contributed by atoms with Crippen molar-refractivity contribution in [3.05, 3.63) is 71.7 Å². The van der Waals surface area contributed by atoms with Crippen LogP contribution in [0.4, 0.5) is 13.2 Å². The second-order valence-corrected chi connectivity index (χ2v) is 41.5. The Morgan fingerprint density at radius 3 is 1.15 bits per heavy atom. The van der Waals surface area contributed by atoms with Gasteiger partial charge in [-0.15, -0.1) is 0 Å². The molecule has 0 spiro atoms. The Balaban J connectivity index is 0.000000178. The molecule has 3 saturated heterocycles. The van der Waals surface area contributed by atoms with Crippen LogP contribution in [0, 0.1) is 75.4 Å². The van der Waals surface area contributed by atoms with Gasteiger partial charge in [0, 0.05) is 73.9 Å². The van der Waals surface area contributed by atoms with Crippen molar-refractivity contribution < 1.29 is 155 Å². The molecule has 6 aliphatic heterocycles. The number of carbonyl (C=O) groups excluding carboxylic acids is 9. The molecule has 17 rings (SSSR count). The number of aryl methyl sites for hydroxylation is 3. The topological polar surface area (TPSA) is 324 Å². The van der Waals surface area contributed by atoms with Gasteiger partial charge in [-0.1, -0.05) is 101 Å². The number of rotatable bonds is 6. The van der Waals surface area contributed by atoms with Crippen molar-refractivity contribution in [2.75, 3.05) is 41.0 Å². The van der Waals surface area contributed by atoms with Gasteiger partial charge in [-0.3, -0.25) is 28.8 Å². The number of aromatic nitrogens is 6. The number of esters is 3. The molecule has 133 heavy (non-hydrogen) atoms. The number of hydrogen-bond acceptors (Lipinski definition) is 24. The van der Waals surface area contributed by atoms with Gasteiger partial charge in [0.05, 0.1) is 111 Å². The van der Waals surface area contributed by atoms with Crippen molar-refractivity contribution >= 4 is 87.6 Å². The number of alkyl halides is 3. The SMILES string of the molecule is COc1ccc2nc3c(nc2c1)O[C@H]1CN(C(=O)[C@H](C(C)(C)C)CC(=O)O[C@@H]2CC4CC4[C@H]2CCCCC3)[C@H]([C-]=O)[C@@H]1F.COc1ccc2nc3c(nc2c1)O[C@H]1CN(C(=O)[C@H](C(C)(C)C)CC(=O)O[C@@H]2[C@H]4CC[C@H](C4)[C@H]2CCCCC3)[C@H]([C-]=O)[C@@H]1F.COc1ccc2nc3c(nc2c1)O[C@H]1CN(C(=O)[C@H](C(C)(C)C)CC(=O)O[C@]2(C)CCC[C@H]2CCCCC3)[C@H]([C-]=O)[C@@H]1F.[V].[V].[V]. The molecule has 3 aromatic heterocycles. The minimum atomic E-state index is -1.83. The molecule has 11 aliphatic rings. The Morgan fingerprint density at radius 1 is 0.391 bits per heavy atom. The summed E-state index contributed by atoms with van der Waals surface area (Å²) in [5.74, 6) is 0.340. The maximum Gasteiger partial charge on any atom is 0.307 e. The Bertz CT molecular complexity index is 5080. The number of fused-ring (bicyclic) bond motifs is 21. The van der Waals surface area contributed by atoms with Crippen LogP contribution in [0.15, 0.2) is 54.6 Å². The van der Waals surface area contributed by atoms with Crippen molar-refractivity contribution in [2.45, 2.75) is 309 Å². The zero-order valence-corrected chi connectivity index (χ0v) is 82.9. The predicted octanol–water partition coefficient (Wildman–Crippen LogP) is 15.3. The van der Waals surface area contributed by atoms with Gasteiger partial charge in [-0.25, -0.2) is 61.9 Å². The normalized spacial score (nSPS) is 31.8. The number of methoxy groups -OCH3 is 3. The second-order valence-electron chi connectivity index (χ2n) is 41.5. The first-order valence-electron chi connectivity index (χ1n) is 47.2. The molecule has 2 unspecified atom stereocenters. The third-order valence-electron chi connectivity index (χ3n) is 29.9. The van der Waals surface area contributed by atoms with E-state index < -0.39 is 130 Å². The molecule has 3 radical (unpaired) electrons. The summed E-state index contributed by atoms with van der Waals surface area (Å²) in [5, 5.41) is 0. The first kappa shape index (κ1) is 104.